The summed E-state index contributed by atoms with van der Waals surface area (Å²) < 4.78 is 5.06. The van der Waals surface area contributed by atoms with Crippen LogP contribution in [-0.2, 0) is 22.4 Å². The summed E-state index contributed by atoms with van der Waals surface area (Å²) >= 11 is 1.56. The second kappa shape index (κ2) is 7.60. The Morgan fingerprint density at radius 2 is 1.90 bits per heavy atom. The first-order chi connectivity index (χ1) is 13.8. The summed E-state index contributed by atoms with van der Waals surface area (Å²) in [6, 6.07) is 10.2. The van der Waals surface area contributed by atoms with Gasteiger partial charge in [0.1, 0.15) is 5.00 Å². The van der Waals surface area contributed by atoms with E-state index >= 15 is 0 Å². The molecule has 2 aliphatic carbocycles. The maximum absolute atomic E-state index is 12.9. The number of ether oxygens (including phenoxy) is 1. The zero-order chi connectivity index (χ0) is 20.8. The molecule has 1 aromatic heterocycles. The molecule has 0 aliphatic heterocycles. The van der Waals surface area contributed by atoms with Gasteiger partial charge in [0.05, 0.1) is 12.7 Å². The van der Waals surface area contributed by atoms with E-state index in [1.54, 1.807) is 11.3 Å². The number of amides is 1. The van der Waals surface area contributed by atoms with Gasteiger partial charge in [0.2, 0.25) is 5.91 Å². The van der Waals surface area contributed by atoms with Crippen molar-refractivity contribution in [3.05, 3.63) is 51.9 Å². The number of thiophene rings is 1. The van der Waals surface area contributed by atoms with Crippen LogP contribution in [0, 0.1) is 17.3 Å². The van der Waals surface area contributed by atoms with Gasteiger partial charge in [-0.15, -0.1) is 11.3 Å². The molecule has 0 radical (unpaired) electrons. The molecule has 3 atom stereocenters. The van der Waals surface area contributed by atoms with Crippen molar-refractivity contribution in [2.24, 2.45) is 17.3 Å². The predicted molar refractivity (Wildman–Crippen MR) is 117 cm³/mol. The Bertz CT molecular complexity index is 926. The van der Waals surface area contributed by atoms with E-state index < -0.39 is 0 Å². The van der Waals surface area contributed by atoms with Crippen molar-refractivity contribution in [3.63, 3.8) is 0 Å². The third-order valence-electron chi connectivity index (χ3n) is 6.47. The Kier molecular flexibility index (Phi) is 5.28. The molecule has 1 fully saturated rings. The highest BCUT2D eigenvalue weighted by molar-refractivity contribution is 7.17. The van der Waals surface area contributed by atoms with Crippen LogP contribution < -0.4 is 5.32 Å². The standard InChI is InChI=1S/C24H29NO3S/c1-24(2,3)15-10-11-16-19(12-15)29-22(20(16)23(27)28-4)25-21(26)18-13-17(18)14-8-6-5-7-9-14/h5-9,15,17-18H,10-13H2,1-4H3,(H,25,26)/t15-,17-,18-/m1/s1. The van der Waals surface area contributed by atoms with E-state index in [4.69, 9.17) is 4.74 Å². The first-order valence-corrected chi connectivity index (χ1v) is 11.2. The lowest BCUT2D eigenvalue weighted by Crippen LogP contribution is -2.26. The maximum atomic E-state index is 12.9. The molecule has 2 aromatic rings. The number of esters is 1. The van der Waals surface area contributed by atoms with Crippen LogP contribution in [0.3, 0.4) is 0 Å². The summed E-state index contributed by atoms with van der Waals surface area (Å²) in [6.45, 7) is 6.82. The number of methoxy groups -OCH3 is 1. The minimum atomic E-state index is -0.345. The molecule has 29 heavy (non-hydrogen) atoms. The van der Waals surface area contributed by atoms with Crippen molar-refractivity contribution >= 4 is 28.2 Å². The third kappa shape index (κ3) is 3.97. The molecule has 0 spiro atoms. The zero-order valence-electron chi connectivity index (χ0n) is 17.6. The van der Waals surface area contributed by atoms with Crippen molar-refractivity contribution in [1.29, 1.82) is 0 Å². The van der Waals surface area contributed by atoms with Crippen LogP contribution in [0.5, 0.6) is 0 Å². The van der Waals surface area contributed by atoms with Gasteiger partial charge in [-0.3, -0.25) is 4.79 Å². The highest BCUT2D eigenvalue weighted by atomic mass is 32.1. The number of carbonyl (C=O) groups excluding carboxylic acids is 2. The lowest BCUT2D eigenvalue weighted by Gasteiger charge is -2.33. The molecule has 2 aliphatic rings. The fourth-order valence-electron chi connectivity index (χ4n) is 4.49. The fourth-order valence-corrected chi connectivity index (χ4v) is 5.81. The average molecular weight is 412 g/mol. The Morgan fingerprint density at radius 3 is 2.55 bits per heavy atom. The van der Waals surface area contributed by atoms with Crippen molar-refractivity contribution in [2.75, 3.05) is 12.4 Å². The van der Waals surface area contributed by atoms with Crippen molar-refractivity contribution in [2.45, 2.75) is 52.4 Å². The molecule has 1 amide bonds. The highest BCUT2D eigenvalue weighted by Crippen LogP contribution is 2.49. The number of hydrogen-bond acceptors (Lipinski definition) is 4. The largest absolute Gasteiger partial charge is 0.465 e. The van der Waals surface area contributed by atoms with Crippen molar-refractivity contribution < 1.29 is 14.3 Å². The molecule has 4 nitrogen and oxygen atoms in total. The monoisotopic (exact) mass is 411 g/mol. The number of hydrogen-bond donors (Lipinski definition) is 1. The van der Waals surface area contributed by atoms with Gasteiger partial charge in [0.25, 0.3) is 0 Å². The zero-order valence-corrected chi connectivity index (χ0v) is 18.4. The lowest BCUT2D eigenvalue weighted by molar-refractivity contribution is -0.117. The van der Waals surface area contributed by atoms with Crippen LogP contribution in [-0.4, -0.2) is 19.0 Å². The normalized spacial score (nSPS) is 23.2. The molecule has 1 N–H and O–H groups in total. The van der Waals surface area contributed by atoms with Gasteiger partial charge in [-0.1, -0.05) is 51.1 Å². The van der Waals surface area contributed by atoms with Gasteiger partial charge in [-0.2, -0.15) is 0 Å². The summed E-state index contributed by atoms with van der Waals surface area (Å²) in [5, 5.41) is 3.74. The van der Waals surface area contributed by atoms with E-state index in [-0.39, 0.29) is 29.1 Å². The first kappa shape index (κ1) is 20.1. The van der Waals surface area contributed by atoms with E-state index in [9.17, 15) is 9.59 Å². The molecule has 154 valence electrons. The Morgan fingerprint density at radius 1 is 1.17 bits per heavy atom. The minimum Gasteiger partial charge on any atom is -0.465 e. The lowest BCUT2D eigenvalue weighted by atomic mass is 9.72. The summed E-state index contributed by atoms with van der Waals surface area (Å²) in [4.78, 5) is 26.7. The molecule has 0 unspecified atom stereocenters. The van der Waals surface area contributed by atoms with Crippen LogP contribution in [0.25, 0.3) is 0 Å². The van der Waals surface area contributed by atoms with Crippen LogP contribution in [0.2, 0.25) is 0 Å². The molecule has 5 heteroatoms. The van der Waals surface area contributed by atoms with Gasteiger partial charge in [-0.25, -0.2) is 4.79 Å². The van der Waals surface area contributed by atoms with Crippen LogP contribution >= 0.6 is 11.3 Å². The van der Waals surface area contributed by atoms with E-state index in [2.05, 4.69) is 38.2 Å². The number of benzene rings is 1. The fraction of sp³-hybridized carbons (Fsp3) is 0.500. The van der Waals surface area contributed by atoms with Crippen LogP contribution in [0.1, 0.15) is 65.9 Å². The molecular formula is C24H29NO3S. The minimum absolute atomic E-state index is 0.00924. The first-order valence-electron chi connectivity index (χ1n) is 10.4. The molecule has 0 saturated heterocycles. The van der Waals surface area contributed by atoms with Crippen LogP contribution in [0.15, 0.2) is 30.3 Å². The Labute approximate surface area is 176 Å². The van der Waals surface area contributed by atoms with E-state index in [1.807, 2.05) is 18.2 Å². The second-order valence-corrected chi connectivity index (χ2v) is 10.5. The van der Waals surface area contributed by atoms with Gasteiger partial charge in [0, 0.05) is 10.8 Å². The van der Waals surface area contributed by atoms with E-state index in [0.29, 0.717) is 16.5 Å². The highest BCUT2D eigenvalue weighted by Gasteiger charge is 2.44. The molecule has 0 bridgehead atoms. The van der Waals surface area contributed by atoms with Gasteiger partial charge in [-0.05, 0) is 54.1 Å². The van der Waals surface area contributed by atoms with Gasteiger partial charge >= 0.3 is 5.97 Å². The molecular weight excluding hydrogens is 382 g/mol. The third-order valence-corrected chi connectivity index (χ3v) is 7.64. The summed E-state index contributed by atoms with van der Waals surface area (Å²) in [6.07, 6.45) is 3.74. The van der Waals surface area contributed by atoms with Crippen molar-refractivity contribution in [3.8, 4) is 0 Å². The summed E-state index contributed by atoms with van der Waals surface area (Å²) in [5.74, 6) is 0.493. The second-order valence-electron chi connectivity index (χ2n) is 9.35. The predicted octanol–water partition coefficient (Wildman–Crippen LogP) is 5.43. The topological polar surface area (TPSA) is 55.4 Å². The number of fused-ring (bicyclic) bond motifs is 1. The SMILES string of the molecule is COC(=O)c1c(NC(=O)[C@@H]2C[C@@H]2c2ccccc2)sc2c1CC[C@@H](C(C)(C)C)C2. The van der Waals surface area contributed by atoms with E-state index in [1.165, 1.54) is 17.6 Å². The van der Waals surface area contributed by atoms with E-state index in [0.717, 1.165) is 31.2 Å². The van der Waals surface area contributed by atoms with Crippen molar-refractivity contribution in [1.82, 2.24) is 0 Å². The van der Waals surface area contributed by atoms with Gasteiger partial charge in [0.15, 0.2) is 0 Å². The molecule has 1 saturated carbocycles. The smallest absolute Gasteiger partial charge is 0.341 e. The molecule has 4 rings (SSSR count). The summed E-state index contributed by atoms with van der Waals surface area (Å²) in [7, 11) is 1.41. The van der Waals surface area contributed by atoms with Crippen LogP contribution in [0.4, 0.5) is 5.00 Å². The Balaban J connectivity index is 1.55. The molecule has 1 aromatic carbocycles. The van der Waals surface area contributed by atoms with Gasteiger partial charge < -0.3 is 10.1 Å². The number of anilines is 1. The Hall–Kier alpha value is -2.14. The maximum Gasteiger partial charge on any atom is 0.341 e. The summed E-state index contributed by atoms with van der Waals surface area (Å²) in [5.41, 5.74) is 3.09. The number of rotatable bonds is 4. The number of carbonyl (C=O) groups is 2. The average Bonchev–Trinajstić information content (AvgIpc) is 3.42. The quantitative estimate of drug-likeness (QED) is 0.683. The molecule has 1 heterocycles. The number of nitrogens with one attached hydrogen (secondary N) is 1.